The third kappa shape index (κ3) is 3.48. The largest absolute Gasteiger partial charge is 0.504 e. The van der Waals surface area contributed by atoms with Gasteiger partial charge in [0.1, 0.15) is 12.3 Å². The van der Waals surface area contributed by atoms with Gasteiger partial charge in [-0.3, -0.25) is 0 Å². The summed E-state index contributed by atoms with van der Waals surface area (Å²) in [6, 6.07) is 12.6. The molecule has 146 valence electrons. The highest BCUT2D eigenvalue weighted by molar-refractivity contribution is 5.87. The Morgan fingerprint density at radius 2 is 1.82 bits per heavy atom. The number of hydrogen-bond acceptors (Lipinski definition) is 6. The van der Waals surface area contributed by atoms with E-state index in [1.54, 1.807) is 13.2 Å². The van der Waals surface area contributed by atoms with Crippen LogP contribution in [0.1, 0.15) is 5.56 Å². The first-order chi connectivity index (χ1) is 13.5. The van der Waals surface area contributed by atoms with E-state index in [1.165, 1.54) is 22.7 Å². The highest BCUT2D eigenvalue weighted by Gasteiger charge is 2.22. The highest BCUT2D eigenvalue weighted by atomic mass is 16.5. The van der Waals surface area contributed by atoms with Gasteiger partial charge in [-0.2, -0.15) is 0 Å². The van der Waals surface area contributed by atoms with Crippen LogP contribution in [0, 0.1) is 0 Å². The van der Waals surface area contributed by atoms with Gasteiger partial charge in [-0.05, 0) is 36.4 Å². The van der Waals surface area contributed by atoms with Crippen molar-refractivity contribution >= 4 is 16.7 Å². The van der Waals surface area contributed by atoms with Crippen molar-refractivity contribution in [2.75, 3.05) is 38.2 Å². The average Bonchev–Trinajstić information content (AvgIpc) is 2.72. The van der Waals surface area contributed by atoms with Crippen molar-refractivity contribution in [1.82, 2.24) is 0 Å². The number of rotatable bonds is 4. The summed E-state index contributed by atoms with van der Waals surface area (Å²) in [4.78, 5) is 15.6. The van der Waals surface area contributed by atoms with E-state index >= 15 is 0 Å². The molecule has 0 amide bonds. The lowest BCUT2D eigenvalue weighted by atomic mass is 10.1. The molecular formula is C21H23N2O5+. The standard InChI is InChI=1S/C21H22N2O5/c1-27-16-4-2-15(3-5-16)23-10-8-22(9-11-23)13-14-12-19(25)28-21-17(14)6-7-18(24)20(21)26/h2-7,12,24,26H,8-11,13H2,1H3/p+1. The van der Waals surface area contributed by atoms with Gasteiger partial charge in [0.15, 0.2) is 11.3 Å². The van der Waals surface area contributed by atoms with Crippen molar-refractivity contribution in [1.29, 1.82) is 0 Å². The second kappa shape index (κ2) is 7.44. The van der Waals surface area contributed by atoms with Crippen molar-refractivity contribution in [3.8, 4) is 17.2 Å². The van der Waals surface area contributed by atoms with Crippen LogP contribution in [0.5, 0.6) is 17.2 Å². The molecule has 2 aromatic carbocycles. The maximum absolute atomic E-state index is 11.9. The zero-order chi connectivity index (χ0) is 19.7. The average molecular weight is 383 g/mol. The Kier molecular flexibility index (Phi) is 4.83. The molecule has 7 heteroatoms. The van der Waals surface area contributed by atoms with Crippen LogP contribution in [0.25, 0.3) is 11.0 Å². The van der Waals surface area contributed by atoms with Crippen LogP contribution in [-0.2, 0) is 6.54 Å². The Morgan fingerprint density at radius 1 is 1.11 bits per heavy atom. The topological polar surface area (TPSA) is 87.6 Å². The van der Waals surface area contributed by atoms with Gasteiger partial charge in [-0.15, -0.1) is 0 Å². The number of hydrogen-bond donors (Lipinski definition) is 3. The van der Waals surface area contributed by atoms with Gasteiger partial charge in [0.2, 0.25) is 5.75 Å². The summed E-state index contributed by atoms with van der Waals surface area (Å²) in [7, 11) is 1.66. The first-order valence-electron chi connectivity index (χ1n) is 9.25. The number of ether oxygens (including phenoxy) is 1. The lowest BCUT2D eigenvalue weighted by molar-refractivity contribution is -0.914. The first-order valence-corrected chi connectivity index (χ1v) is 9.25. The molecule has 1 aliphatic heterocycles. The Hall–Kier alpha value is -3.19. The predicted molar refractivity (Wildman–Crippen MR) is 105 cm³/mol. The second-order valence-corrected chi connectivity index (χ2v) is 7.01. The number of quaternary nitrogens is 1. The van der Waals surface area contributed by atoms with Gasteiger partial charge in [-0.1, -0.05) is 0 Å². The van der Waals surface area contributed by atoms with Crippen molar-refractivity contribution in [3.05, 3.63) is 58.4 Å². The lowest BCUT2D eigenvalue weighted by Crippen LogP contribution is -3.13. The van der Waals surface area contributed by atoms with Crippen LogP contribution >= 0.6 is 0 Å². The Labute approximate surface area is 162 Å². The molecule has 7 nitrogen and oxygen atoms in total. The molecule has 1 fully saturated rings. The number of phenolic OH excluding ortho intramolecular Hbond substituents is 2. The molecule has 0 aliphatic carbocycles. The van der Waals surface area contributed by atoms with Crippen molar-refractivity contribution in [3.63, 3.8) is 0 Å². The molecule has 1 aromatic heterocycles. The third-order valence-electron chi connectivity index (χ3n) is 5.30. The van der Waals surface area contributed by atoms with E-state index in [0.717, 1.165) is 37.5 Å². The first kappa shape index (κ1) is 18.2. The number of methoxy groups -OCH3 is 1. The van der Waals surface area contributed by atoms with Crippen LogP contribution in [0.15, 0.2) is 51.7 Å². The van der Waals surface area contributed by atoms with Crippen LogP contribution in [0.4, 0.5) is 5.69 Å². The number of benzene rings is 2. The predicted octanol–water partition coefficient (Wildman–Crippen LogP) is 1.12. The number of aromatic hydroxyl groups is 2. The van der Waals surface area contributed by atoms with Gasteiger partial charge >= 0.3 is 5.63 Å². The molecular weight excluding hydrogens is 360 g/mol. The summed E-state index contributed by atoms with van der Waals surface area (Å²) >= 11 is 0. The molecule has 0 bridgehead atoms. The lowest BCUT2D eigenvalue weighted by Gasteiger charge is -2.33. The summed E-state index contributed by atoms with van der Waals surface area (Å²) < 4.78 is 10.3. The number of fused-ring (bicyclic) bond motifs is 1. The fourth-order valence-corrected chi connectivity index (χ4v) is 3.73. The van der Waals surface area contributed by atoms with Gasteiger partial charge < -0.3 is 29.2 Å². The maximum atomic E-state index is 11.9. The molecule has 4 rings (SSSR count). The van der Waals surface area contributed by atoms with Gasteiger partial charge in [0, 0.05) is 22.7 Å². The number of phenols is 2. The van der Waals surface area contributed by atoms with Gasteiger partial charge in [-0.25, -0.2) is 4.79 Å². The summed E-state index contributed by atoms with van der Waals surface area (Å²) in [6.45, 7) is 4.33. The summed E-state index contributed by atoms with van der Waals surface area (Å²) in [5.41, 5.74) is 1.50. The second-order valence-electron chi connectivity index (χ2n) is 7.01. The number of nitrogens with zero attached hydrogens (tertiary/aromatic N) is 1. The van der Waals surface area contributed by atoms with Gasteiger partial charge in [0.05, 0.1) is 33.3 Å². The zero-order valence-corrected chi connectivity index (χ0v) is 15.6. The Morgan fingerprint density at radius 3 is 2.50 bits per heavy atom. The van der Waals surface area contributed by atoms with E-state index < -0.39 is 11.4 Å². The van der Waals surface area contributed by atoms with E-state index in [-0.39, 0.29) is 11.3 Å². The zero-order valence-electron chi connectivity index (χ0n) is 15.6. The molecule has 0 saturated carbocycles. The Balaban J connectivity index is 1.49. The normalized spacial score (nSPS) is 15.1. The summed E-state index contributed by atoms with van der Waals surface area (Å²) in [5.74, 6) is 0.154. The number of piperazine rings is 1. The Bertz CT molecular complexity index is 1040. The smallest absolute Gasteiger partial charge is 0.336 e. The summed E-state index contributed by atoms with van der Waals surface area (Å²) in [6.07, 6.45) is 0. The maximum Gasteiger partial charge on any atom is 0.336 e. The molecule has 0 radical (unpaired) electrons. The molecule has 0 unspecified atom stereocenters. The van der Waals surface area contributed by atoms with Crippen LogP contribution in [-0.4, -0.2) is 43.5 Å². The molecule has 28 heavy (non-hydrogen) atoms. The fourth-order valence-electron chi connectivity index (χ4n) is 3.73. The minimum atomic E-state index is -0.528. The fraction of sp³-hybridized carbons (Fsp3) is 0.286. The molecule has 0 atom stereocenters. The van der Waals surface area contributed by atoms with Crippen molar-refractivity contribution < 1.29 is 24.3 Å². The van der Waals surface area contributed by atoms with Crippen molar-refractivity contribution in [2.24, 2.45) is 0 Å². The number of anilines is 1. The molecule has 1 saturated heterocycles. The van der Waals surface area contributed by atoms with E-state index in [4.69, 9.17) is 9.15 Å². The quantitative estimate of drug-likeness (QED) is 0.462. The molecule has 0 spiro atoms. The van der Waals surface area contributed by atoms with E-state index in [9.17, 15) is 15.0 Å². The summed E-state index contributed by atoms with van der Waals surface area (Å²) in [5, 5.41) is 20.3. The SMILES string of the molecule is COc1ccc(N2CC[NH+](Cc3cc(=O)oc4c(O)c(O)ccc34)CC2)cc1. The van der Waals surface area contributed by atoms with Gasteiger partial charge in [0.25, 0.3) is 0 Å². The monoisotopic (exact) mass is 383 g/mol. The van der Waals surface area contributed by atoms with Crippen LogP contribution in [0.3, 0.4) is 0 Å². The van der Waals surface area contributed by atoms with Crippen LogP contribution in [0.2, 0.25) is 0 Å². The third-order valence-corrected chi connectivity index (χ3v) is 5.30. The van der Waals surface area contributed by atoms with Crippen LogP contribution < -0.4 is 20.2 Å². The molecule has 3 N–H and O–H groups in total. The molecule has 1 aliphatic rings. The number of nitrogens with one attached hydrogen (secondary N) is 1. The highest BCUT2D eigenvalue weighted by Crippen LogP contribution is 2.33. The van der Waals surface area contributed by atoms with E-state index in [1.807, 2.05) is 12.1 Å². The molecule has 2 heterocycles. The van der Waals surface area contributed by atoms with Crippen molar-refractivity contribution in [2.45, 2.75) is 6.54 Å². The van der Waals surface area contributed by atoms with E-state index in [2.05, 4.69) is 17.0 Å². The molecule has 3 aromatic rings. The minimum Gasteiger partial charge on any atom is -0.504 e. The van der Waals surface area contributed by atoms with E-state index in [0.29, 0.717) is 11.9 Å². The minimum absolute atomic E-state index is 0.0405.